The van der Waals surface area contributed by atoms with Gasteiger partial charge >= 0.3 is 11.9 Å². The molecule has 4 bridgehead atoms. The summed E-state index contributed by atoms with van der Waals surface area (Å²) in [4.78, 5) is 54.6. The zero-order valence-electron chi connectivity index (χ0n) is 21.7. The molecule has 7 rings (SSSR count). The Hall–Kier alpha value is -2.40. The summed E-state index contributed by atoms with van der Waals surface area (Å²) in [7, 11) is 0. The van der Waals surface area contributed by atoms with Crippen molar-refractivity contribution in [1.82, 2.24) is 0 Å². The fraction of sp³-hybridized carbons (Fsp3) is 0.714. The predicted octanol–water partition coefficient (Wildman–Crippen LogP) is 0.510. The van der Waals surface area contributed by atoms with E-state index < -0.39 is 87.0 Å². The minimum absolute atomic E-state index is 0.0287. The summed E-state index contributed by atoms with van der Waals surface area (Å²) in [6.07, 6.45) is 2.64. The molecule has 0 aromatic carbocycles. The molecule has 5 fully saturated rings. The molecule has 38 heavy (non-hydrogen) atoms. The Morgan fingerprint density at radius 2 is 1.79 bits per heavy atom. The van der Waals surface area contributed by atoms with Crippen molar-refractivity contribution in [2.75, 3.05) is 0 Å². The molecule has 7 aliphatic rings. The molecule has 1 spiro atoms. The molecule has 4 unspecified atom stereocenters. The summed E-state index contributed by atoms with van der Waals surface area (Å²) in [5.74, 6) is -9.49. The molecule has 4 heterocycles. The van der Waals surface area contributed by atoms with Crippen LogP contribution in [0, 0.1) is 34.5 Å². The van der Waals surface area contributed by atoms with Gasteiger partial charge in [0.1, 0.15) is 11.9 Å². The fourth-order valence-electron chi connectivity index (χ4n) is 9.48. The van der Waals surface area contributed by atoms with Crippen molar-refractivity contribution in [2.24, 2.45) is 34.5 Å². The average molecular weight is 529 g/mol. The Balaban J connectivity index is 1.52. The molecule has 12 atom stereocenters. The number of ketones is 2. The second-order valence-electron chi connectivity index (χ2n) is 13.1. The monoisotopic (exact) mass is 528 g/mol. The summed E-state index contributed by atoms with van der Waals surface area (Å²) in [6, 6.07) is 0. The number of hydrogen-bond acceptors (Lipinski definition) is 10. The van der Waals surface area contributed by atoms with E-state index in [1.807, 2.05) is 0 Å². The van der Waals surface area contributed by atoms with E-state index in [9.17, 15) is 34.5 Å². The lowest BCUT2D eigenvalue weighted by Crippen LogP contribution is -2.78. The first kappa shape index (κ1) is 24.6. The summed E-state index contributed by atoms with van der Waals surface area (Å²) >= 11 is 0. The number of carbonyl (C=O) groups excluding carboxylic acids is 4. The van der Waals surface area contributed by atoms with E-state index in [1.54, 1.807) is 32.9 Å². The zero-order chi connectivity index (χ0) is 27.4. The Morgan fingerprint density at radius 3 is 2.50 bits per heavy atom. The van der Waals surface area contributed by atoms with Crippen LogP contribution in [0.2, 0.25) is 0 Å². The molecule has 10 heteroatoms. The Kier molecular flexibility index (Phi) is 4.31. The number of aliphatic hydroxyl groups excluding tert-OH is 1. The lowest BCUT2D eigenvalue weighted by Gasteiger charge is -2.61. The number of aliphatic hydroxyl groups is 3. The molecule has 0 aromatic heterocycles. The predicted molar refractivity (Wildman–Crippen MR) is 126 cm³/mol. The van der Waals surface area contributed by atoms with E-state index in [0.29, 0.717) is 5.57 Å². The third-order valence-electron chi connectivity index (χ3n) is 11.8. The second kappa shape index (κ2) is 6.66. The van der Waals surface area contributed by atoms with E-state index in [2.05, 4.69) is 0 Å². The van der Waals surface area contributed by atoms with Gasteiger partial charge in [0.25, 0.3) is 0 Å². The SMILES string of the molecule is C[C@@H]1C(=O)O[C@@H]2CC1(C)C1C(=O)[C@]3(O)O[C@@]14[C@@](O)(CCC1C3[C@H](O)C=C3C=CCC(=O)[C@@]31C)C(=O)O[C@@]24C. The van der Waals surface area contributed by atoms with Gasteiger partial charge in [-0.25, -0.2) is 4.79 Å². The van der Waals surface area contributed by atoms with Gasteiger partial charge in [-0.05, 0) is 50.0 Å². The number of fused-ring (bicyclic) bond motifs is 9. The van der Waals surface area contributed by atoms with Gasteiger partial charge in [0, 0.05) is 6.42 Å². The van der Waals surface area contributed by atoms with Crippen molar-refractivity contribution >= 4 is 23.5 Å². The molecular formula is C28H32O10. The third-order valence-corrected chi connectivity index (χ3v) is 11.8. The highest BCUT2D eigenvalue weighted by Gasteiger charge is 2.92. The lowest BCUT2D eigenvalue weighted by atomic mass is 9.46. The van der Waals surface area contributed by atoms with E-state index in [-0.39, 0.29) is 31.5 Å². The van der Waals surface area contributed by atoms with Gasteiger partial charge in [0.05, 0.1) is 29.3 Å². The van der Waals surface area contributed by atoms with Gasteiger partial charge in [-0.1, -0.05) is 32.1 Å². The van der Waals surface area contributed by atoms with Crippen molar-refractivity contribution in [3.8, 4) is 0 Å². The fourth-order valence-corrected chi connectivity index (χ4v) is 9.48. The minimum atomic E-state index is -2.67. The van der Waals surface area contributed by atoms with Crippen molar-refractivity contribution in [3.05, 3.63) is 23.8 Å². The van der Waals surface area contributed by atoms with Crippen LogP contribution in [0.4, 0.5) is 0 Å². The van der Waals surface area contributed by atoms with Gasteiger partial charge in [-0.3, -0.25) is 14.4 Å². The van der Waals surface area contributed by atoms with Crippen LogP contribution in [0.25, 0.3) is 0 Å². The van der Waals surface area contributed by atoms with Crippen LogP contribution in [0.1, 0.15) is 53.4 Å². The maximum Gasteiger partial charge on any atom is 0.342 e. The smallest absolute Gasteiger partial charge is 0.342 e. The van der Waals surface area contributed by atoms with Gasteiger partial charge in [-0.2, -0.15) is 0 Å². The van der Waals surface area contributed by atoms with Gasteiger partial charge in [0.2, 0.25) is 5.79 Å². The standard InChI is InChI=1S/C28H32O10/c1-12-21(32)36-17-11-23(12,2)19-20(31)27(35)18-14(24(3)13(10-15(18)29)6-5-7-16(24)30)8-9-26(34)22(33)37-25(17,4)28(19,26)38-27/h5-6,10,12,14-15,17-19,29,34-35H,7-9,11H2,1-4H3/t12-,14?,15-,17-,18?,19?,23?,24+,25+,26-,27-,28+/m1/s1. The average Bonchev–Trinajstić information content (AvgIpc) is 3.19. The van der Waals surface area contributed by atoms with Crippen LogP contribution in [0.15, 0.2) is 23.8 Å². The summed E-state index contributed by atoms with van der Waals surface area (Å²) in [5, 5.41) is 36.1. The molecule has 0 amide bonds. The number of allylic oxidation sites excluding steroid dienone is 3. The van der Waals surface area contributed by atoms with E-state index in [0.717, 1.165) is 0 Å². The molecule has 1 saturated carbocycles. The Morgan fingerprint density at radius 1 is 1.08 bits per heavy atom. The molecule has 0 aromatic rings. The topological polar surface area (TPSA) is 157 Å². The van der Waals surface area contributed by atoms with Gasteiger partial charge in [-0.15, -0.1) is 0 Å². The molecule has 3 aliphatic carbocycles. The summed E-state index contributed by atoms with van der Waals surface area (Å²) < 4.78 is 18.0. The molecule has 0 radical (unpaired) electrons. The number of ether oxygens (including phenoxy) is 3. The van der Waals surface area contributed by atoms with Crippen molar-refractivity contribution in [3.63, 3.8) is 0 Å². The number of hydrogen-bond donors (Lipinski definition) is 3. The van der Waals surface area contributed by atoms with Crippen molar-refractivity contribution in [1.29, 1.82) is 0 Å². The third kappa shape index (κ3) is 2.19. The molecule has 204 valence electrons. The quantitative estimate of drug-likeness (QED) is 0.379. The highest BCUT2D eigenvalue weighted by molar-refractivity contribution is 5.99. The van der Waals surface area contributed by atoms with Crippen LogP contribution >= 0.6 is 0 Å². The molecule has 3 N–H and O–H groups in total. The van der Waals surface area contributed by atoms with Crippen LogP contribution in [0.5, 0.6) is 0 Å². The first-order valence-electron chi connectivity index (χ1n) is 13.4. The lowest BCUT2D eigenvalue weighted by molar-refractivity contribution is -0.350. The maximum absolute atomic E-state index is 14.6. The first-order valence-corrected chi connectivity index (χ1v) is 13.4. The zero-order valence-corrected chi connectivity index (χ0v) is 21.7. The Labute approximate surface area is 219 Å². The van der Waals surface area contributed by atoms with Crippen LogP contribution in [-0.4, -0.2) is 73.6 Å². The molecular weight excluding hydrogens is 496 g/mol. The van der Waals surface area contributed by atoms with E-state index >= 15 is 0 Å². The highest BCUT2D eigenvalue weighted by atomic mass is 16.7. The maximum atomic E-state index is 14.6. The first-order chi connectivity index (χ1) is 17.6. The van der Waals surface area contributed by atoms with Crippen molar-refractivity contribution in [2.45, 2.75) is 88.2 Å². The number of carbonyl (C=O) groups is 4. The van der Waals surface area contributed by atoms with E-state index in [4.69, 9.17) is 14.2 Å². The Bertz CT molecular complexity index is 1300. The molecule has 10 nitrogen and oxygen atoms in total. The second-order valence-corrected chi connectivity index (χ2v) is 13.1. The number of esters is 2. The van der Waals surface area contributed by atoms with Crippen molar-refractivity contribution < 1.29 is 48.7 Å². The molecule has 4 aliphatic heterocycles. The number of rotatable bonds is 0. The normalized spacial score (nSPS) is 58.1. The largest absolute Gasteiger partial charge is 0.458 e. The minimum Gasteiger partial charge on any atom is -0.458 e. The van der Waals surface area contributed by atoms with Crippen LogP contribution in [0.3, 0.4) is 0 Å². The van der Waals surface area contributed by atoms with Gasteiger partial charge < -0.3 is 29.5 Å². The van der Waals surface area contributed by atoms with E-state index in [1.165, 1.54) is 13.0 Å². The number of Topliss-reactive ketones (excluding diaryl/α,β-unsaturated/α-hetero) is 2. The van der Waals surface area contributed by atoms with Gasteiger partial charge in [0.15, 0.2) is 22.6 Å². The van der Waals surface area contributed by atoms with Crippen LogP contribution in [-0.2, 0) is 33.4 Å². The summed E-state index contributed by atoms with van der Waals surface area (Å²) in [5.41, 5.74) is -8.02. The highest BCUT2D eigenvalue weighted by Crippen LogP contribution is 2.73. The summed E-state index contributed by atoms with van der Waals surface area (Å²) in [6.45, 7) is 6.53. The molecule has 4 saturated heterocycles. The van der Waals surface area contributed by atoms with Crippen LogP contribution < -0.4 is 0 Å².